The van der Waals surface area contributed by atoms with Gasteiger partial charge in [0.25, 0.3) is 5.91 Å². The van der Waals surface area contributed by atoms with Gasteiger partial charge in [-0.3, -0.25) is 4.79 Å². The van der Waals surface area contributed by atoms with Gasteiger partial charge in [0.2, 0.25) is 0 Å². The Bertz CT molecular complexity index is 951. The summed E-state index contributed by atoms with van der Waals surface area (Å²) in [5.74, 6) is 1.14. The molecule has 0 aliphatic heterocycles. The number of ether oxygens (including phenoxy) is 2. The summed E-state index contributed by atoms with van der Waals surface area (Å²) in [6, 6.07) is 19.2. The first-order valence-corrected chi connectivity index (χ1v) is 8.24. The molecule has 5 nitrogen and oxygen atoms in total. The number of fused-ring (bicyclic) bond motifs is 1. The average molecular weight is 348 g/mol. The number of nitrogens with zero attached hydrogens (tertiary/aromatic N) is 1. The molecular formula is C21H20N2O3. The summed E-state index contributed by atoms with van der Waals surface area (Å²) in [6.45, 7) is 1.88. The van der Waals surface area contributed by atoms with Crippen LogP contribution in [0.2, 0.25) is 0 Å². The fourth-order valence-electron chi connectivity index (χ4n) is 2.65. The van der Waals surface area contributed by atoms with Gasteiger partial charge in [-0.15, -0.1) is 0 Å². The number of nitrogens with one attached hydrogen (secondary N) is 1. The summed E-state index contributed by atoms with van der Waals surface area (Å²) in [6.07, 6.45) is 1.62. The van der Waals surface area contributed by atoms with Crippen molar-refractivity contribution in [2.75, 3.05) is 13.7 Å². The van der Waals surface area contributed by atoms with Gasteiger partial charge in [0.1, 0.15) is 11.5 Å². The van der Waals surface area contributed by atoms with Crippen LogP contribution in [0, 0.1) is 6.92 Å². The molecule has 0 saturated heterocycles. The molecule has 3 aromatic rings. The first-order chi connectivity index (χ1) is 12.7. The van der Waals surface area contributed by atoms with Crippen molar-refractivity contribution in [3.63, 3.8) is 0 Å². The van der Waals surface area contributed by atoms with E-state index in [-0.39, 0.29) is 12.5 Å². The molecule has 0 bridgehead atoms. The van der Waals surface area contributed by atoms with Gasteiger partial charge in [-0.05, 0) is 42.1 Å². The molecule has 0 aliphatic carbocycles. The Balaban J connectivity index is 1.63. The lowest BCUT2D eigenvalue weighted by molar-refractivity contribution is -0.123. The van der Waals surface area contributed by atoms with E-state index in [0.29, 0.717) is 5.75 Å². The molecule has 1 amide bonds. The summed E-state index contributed by atoms with van der Waals surface area (Å²) in [4.78, 5) is 11.9. The first-order valence-electron chi connectivity index (χ1n) is 8.24. The van der Waals surface area contributed by atoms with E-state index in [1.807, 2.05) is 67.6 Å². The highest BCUT2D eigenvalue weighted by Gasteiger charge is 2.05. The molecule has 3 aromatic carbocycles. The molecule has 0 saturated carbocycles. The van der Waals surface area contributed by atoms with Crippen molar-refractivity contribution in [3.05, 3.63) is 71.8 Å². The van der Waals surface area contributed by atoms with E-state index >= 15 is 0 Å². The number of hydrogen-bond acceptors (Lipinski definition) is 4. The molecule has 3 rings (SSSR count). The van der Waals surface area contributed by atoms with Gasteiger partial charge in [0.05, 0.1) is 13.3 Å². The number of hydrazone groups is 1. The highest BCUT2D eigenvalue weighted by Crippen LogP contribution is 2.27. The van der Waals surface area contributed by atoms with E-state index in [1.165, 1.54) is 0 Å². The molecule has 5 heteroatoms. The minimum Gasteiger partial charge on any atom is -0.496 e. The third-order valence-electron chi connectivity index (χ3n) is 3.89. The Hall–Kier alpha value is -3.34. The highest BCUT2D eigenvalue weighted by molar-refractivity contribution is 6.02. The second kappa shape index (κ2) is 8.16. The third-order valence-corrected chi connectivity index (χ3v) is 3.89. The van der Waals surface area contributed by atoms with E-state index < -0.39 is 0 Å². The summed E-state index contributed by atoms with van der Waals surface area (Å²) in [5, 5.41) is 6.03. The van der Waals surface area contributed by atoms with Crippen molar-refractivity contribution >= 4 is 22.9 Å². The third kappa shape index (κ3) is 4.19. The van der Waals surface area contributed by atoms with Gasteiger partial charge in [-0.1, -0.05) is 36.4 Å². The lowest BCUT2D eigenvalue weighted by Gasteiger charge is -2.08. The van der Waals surface area contributed by atoms with Crippen molar-refractivity contribution in [3.8, 4) is 11.5 Å². The van der Waals surface area contributed by atoms with Crippen LogP contribution >= 0.6 is 0 Å². The number of aryl methyl sites for hydroxylation is 1. The Morgan fingerprint density at radius 1 is 1.08 bits per heavy atom. The first kappa shape index (κ1) is 17.5. The molecule has 1 N–H and O–H groups in total. The average Bonchev–Trinajstić information content (AvgIpc) is 2.66. The fourth-order valence-corrected chi connectivity index (χ4v) is 2.65. The second-order valence-corrected chi connectivity index (χ2v) is 5.80. The maximum atomic E-state index is 11.9. The van der Waals surface area contributed by atoms with Crippen molar-refractivity contribution in [1.29, 1.82) is 0 Å². The quantitative estimate of drug-likeness (QED) is 0.546. The van der Waals surface area contributed by atoms with Crippen LogP contribution in [-0.4, -0.2) is 25.8 Å². The second-order valence-electron chi connectivity index (χ2n) is 5.80. The van der Waals surface area contributed by atoms with Gasteiger partial charge in [0.15, 0.2) is 6.61 Å². The Kier molecular flexibility index (Phi) is 5.49. The normalized spacial score (nSPS) is 10.8. The van der Waals surface area contributed by atoms with Crippen LogP contribution in [0.3, 0.4) is 0 Å². The van der Waals surface area contributed by atoms with Gasteiger partial charge in [-0.25, -0.2) is 5.43 Å². The van der Waals surface area contributed by atoms with Gasteiger partial charge in [-0.2, -0.15) is 5.10 Å². The molecule has 0 heterocycles. The predicted octanol–water partition coefficient (Wildman–Crippen LogP) is 3.69. The van der Waals surface area contributed by atoms with Crippen LogP contribution in [0.15, 0.2) is 65.8 Å². The van der Waals surface area contributed by atoms with E-state index in [4.69, 9.17) is 9.47 Å². The molecule has 0 atom stereocenters. The number of carbonyl (C=O) groups excluding carboxylic acids is 1. The minimum atomic E-state index is -0.319. The van der Waals surface area contributed by atoms with E-state index in [1.54, 1.807) is 13.3 Å². The number of rotatable bonds is 6. The van der Waals surface area contributed by atoms with Crippen molar-refractivity contribution in [2.24, 2.45) is 5.10 Å². The zero-order valence-corrected chi connectivity index (χ0v) is 14.7. The lowest BCUT2D eigenvalue weighted by Crippen LogP contribution is -2.24. The number of amides is 1. The molecule has 132 valence electrons. The molecule has 0 aromatic heterocycles. The lowest BCUT2D eigenvalue weighted by atomic mass is 10.0. The van der Waals surface area contributed by atoms with Crippen LogP contribution in [-0.2, 0) is 4.79 Å². The van der Waals surface area contributed by atoms with Crippen molar-refractivity contribution in [2.45, 2.75) is 6.92 Å². The number of carbonyl (C=O) groups is 1. The van der Waals surface area contributed by atoms with Gasteiger partial charge < -0.3 is 9.47 Å². The Morgan fingerprint density at radius 3 is 2.65 bits per heavy atom. The summed E-state index contributed by atoms with van der Waals surface area (Å²) >= 11 is 0. The zero-order chi connectivity index (χ0) is 18.4. The number of hydrogen-bond donors (Lipinski definition) is 1. The standard InChI is InChI=1S/C21H20N2O3/c1-15-6-5-7-17(12-15)26-14-21(24)23-22-13-16-10-11-20(25-2)19-9-4-3-8-18(16)19/h3-13H,14H2,1-2H3,(H,23,24)/b22-13+. The van der Waals surface area contributed by atoms with Crippen LogP contribution in [0.1, 0.15) is 11.1 Å². The van der Waals surface area contributed by atoms with Gasteiger partial charge in [0, 0.05) is 10.9 Å². The van der Waals surface area contributed by atoms with Crippen molar-refractivity contribution < 1.29 is 14.3 Å². The molecule has 0 aliphatic rings. The topological polar surface area (TPSA) is 59.9 Å². The zero-order valence-electron chi connectivity index (χ0n) is 14.7. The van der Waals surface area contributed by atoms with Crippen LogP contribution in [0.25, 0.3) is 10.8 Å². The summed E-state index contributed by atoms with van der Waals surface area (Å²) in [5.41, 5.74) is 4.45. The monoisotopic (exact) mass is 348 g/mol. The maximum Gasteiger partial charge on any atom is 0.277 e. The summed E-state index contributed by atoms with van der Waals surface area (Å²) in [7, 11) is 1.64. The Labute approximate surface area is 152 Å². The molecule has 26 heavy (non-hydrogen) atoms. The minimum absolute atomic E-state index is 0.0931. The molecular weight excluding hydrogens is 328 g/mol. The summed E-state index contributed by atoms with van der Waals surface area (Å²) < 4.78 is 10.8. The molecule has 0 radical (unpaired) electrons. The van der Waals surface area contributed by atoms with Gasteiger partial charge >= 0.3 is 0 Å². The Morgan fingerprint density at radius 2 is 1.88 bits per heavy atom. The van der Waals surface area contributed by atoms with Crippen LogP contribution in [0.4, 0.5) is 0 Å². The van der Waals surface area contributed by atoms with Crippen LogP contribution in [0.5, 0.6) is 11.5 Å². The maximum absolute atomic E-state index is 11.9. The van der Waals surface area contributed by atoms with Crippen LogP contribution < -0.4 is 14.9 Å². The fraction of sp³-hybridized carbons (Fsp3) is 0.143. The smallest absolute Gasteiger partial charge is 0.277 e. The largest absolute Gasteiger partial charge is 0.496 e. The molecule has 0 unspecified atom stereocenters. The number of methoxy groups -OCH3 is 1. The SMILES string of the molecule is COc1ccc(/C=N/NC(=O)COc2cccc(C)c2)c2ccccc12. The molecule has 0 spiro atoms. The number of benzene rings is 3. The van der Waals surface area contributed by atoms with E-state index in [9.17, 15) is 4.79 Å². The van der Waals surface area contributed by atoms with E-state index in [0.717, 1.165) is 27.6 Å². The highest BCUT2D eigenvalue weighted by atomic mass is 16.5. The van der Waals surface area contributed by atoms with E-state index in [2.05, 4.69) is 10.5 Å². The predicted molar refractivity (Wildman–Crippen MR) is 103 cm³/mol. The molecule has 0 fully saturated rings. The van der Waals surface area contributed by atoms with Crippen molar-refractivity contribution in [1.82, 2.24) is 5.43 Å².